The highest BCUT2D eigenvalue weighted by molar-refractivity contribution is 7.98. The van der Waals surface area contributed by atoms with E-state index in [-0.39, 0.29) is 5.91 Å². The molecule has 0 saturated heterocycles. The summed E-state index contributed by atoms with van der Waals surface area (Å²) in [5, 5.41) is 5.75. The van der Waals surface area contributed by atoms with E-state index in [0.717, 1.165) is 18.8 Å². The normalized spacial score (nSPS) is 9.64. The fraction of sp³-hybridized carbons (Fsp3) is 0.857. The summed E-state index contributed by atoms with van der Waals surface area (Å²) < 4.78 is 0. The monoisotopic (exact) mass is 176 g/mol. The van der Waals surface area contributed by atoms with E-state index in [4.69, 9.17) is 0 Å². The van der Waals surface area contributed by atoms with E-state index in [2.05, 4.69) is 10.6 Å². The van der Waals surface area contributed by atoms with Gasteiger partial charge in [-0.2, -0.15) is 11.8 Å². The third-order valence-corrected chi connectivity index (χ3v) is 1.78. The molecule has 0 aliphatic rings. The average molecular weight is 176 g/mol. The van der Waals surface area contributed by atoms with Gasteiger partial charge in [0.05, 0.1) is 6.54 Å². The molecule has 1 amide bonds. The van der Waals surface area contributed by atoms with Gasteiger partial charge in [-0.25, -0.2) is 0 Å². The summed E-state index contributed by atoms with van der Waals surface area (Å²) in [5.74, 6) is 1.07. The maximum Gasteiger partial charge on any atom is 0.233 e. The Kier molecular flexibility index (Phi) is 7.72. The summed E-state index contributed by atoms with van der Waals surface area (Å²) in [5.41, 5.74) is 0. The summed E-state index contributed by atoms with van der Waals surface area (Å²) in [4.78, 5) is 10.9. The molecule has 0 aliphatic carbocycles. The van der Waals surface area contributed by atoms with E-state index in [1.54, 1.807) is 11.8 Å². The van der Waals surface area contributed by atoms with Crippen LogP contribution in [0.15, 0.2) is 0 Å². The van der Waals surface area contributed by atoms with Crippen molar-refractivity contribution in [2.24, 2.45) is 0 Å². The number of hydrogen-bond acceptors (Lipinski definition) is 3. The van der Waals surface area contributed by atoms with E-state index in [1.165, 1.54) is 0 Å². The molecule has 0 bridgehead atoms. The Balaban J connectivity index is 3.09. The van der Waals surface area contributed by atoms with Crippen LogP contribution in [0.25, 0.3) is 0 Å². The SMILES string of the molecule is CCNCC(=O)NCCSC. The molecule has 0 aromatic heterocycles. The largest absolute Gasteiger partial charge is 0.354 e. The molecule has 0 unspecified atom stereocenters. The Morgan fingerprint density at radius 3 is 2.82 bits per heavy atom. The quantitative estimate of drug-likeness (QED) is 0.563. The maximum atomic E-state index is 10.9. The van der Waals surface area contributed by atoms with Crippen molar-refractivity contribution in [3.05, 3.63) is 0 Å². The lowest BCUT2D eigenvalue weighted by Gasteiger charge is -2.03. The smallest absolute Gasteiger partial charge is 0.233 e. The van der Waals surface area contributed by atoms with Gasteiger partial charge in [-0.1, -0.05) is 6.92 Å². The molecule has 2 N–H and O–H groups in total. The number of carbonyl (C=O) groups is 1. The first kappa shape index (κ1) is 10.8. The van der Waals surface area contributed by atoms with Crippen LogP contribution < -0.4 is 10.6 Å². The van der Waals surface area contributed by atoms with Crippen molar-refractivity contribution in [2.75, 3.05) is 31.6 Å². The first-order valence-electron chi connectivity index (χ1n) is 3.77. The molecule has 0 atom stereocenters. The van der Waals surface area contributed by atoms with E-state index in [9.17, 15) is 4.79 Å². The van der Waals surface area contributed by atoms with E-state index >= 15 is 0 Å². The first-order chi connectivity index (χ1) is 5.31. The number of nitrogens with one attached hydrogen (secondary N) is 2. The van der Waals surface area contributed by atoms with Gasteiger partial charge in [0.1, 0.15) is 0 Å². The minimum Gasteiger partial charge on any atom is -0.354 e. The Bertz CT molecular complexity index is 109. The van der Waals surface area contributed by atoms with Gasteiger partial charge < -0.3 is 10.6 Å². The zero-order valence-electron chi connectivity index (χ0n) is 7.14. The van der Waals surface area contributed by atoms with Crippen LogP contribution in [0.5, 0.6) is 0 Å². The minimum atomic E-state index is 0.0842. The highest BCUT2D eigenvalue weighted by Gasteiger charge is 1.96. The van der Waals surface area contributed by atoms with Crippen LogP contribution in [0, 0.1) is 0 Å². The lowest BCUT2D eigenvalue weighted by Crippen LogP contribution is -2.34. The number of amides is 1. The van der Waals surface area contributed by atoms with Crippen LogP contribution in [-0.2, 0) is 4.79 Å². The molecule has 0 aliphatic heterocycles. The summed E-state index contributed by atoms with van der Waals surface area (Å²) in [6, 6.07) is 0. The lowest BCUT2D eigenvalue weighted by molar-refractivity contribution is -0.120. The Labute approximate surface area is 72.3 Å². The van der Waals surface area contributed by atoms with Crippen molar-refractivity contribution in [3.8, 4) is 0 Å². The zero-order valence-corrected chi connectivity index (χ0v) is 7.96. The van der Waals surface area contributed by atoms with Gasteiger partial charge in [0.25, 0.3) is 0 Å². The molecule has 0 rings (SSSR count). The van der Waals surface area contributed by atoms with E-state index < -0.39 is 0 Å². The fourth-order valence-electron chi connectivity index (χ4n) is 0.594. The molecule has 11 heavy (non-hydrogen) atoms. The minimum absolute atomic E-state index is 0.0842. The predicted molar refractivity (Wildman–Crippen MR) is 49.9 cm³/mol. The average Bonchev–Trinajstić information content (AvgIpc) is 2.01. The third kappa shape index (κ3) is 7.68. The van der Waals surface area contributed by atoms with E-state index in [0.29, 0.717) is 6.54 Å². The molecule has 0 heterocycles. The fourth-order valence-corrected chi connectivity index (χ4v) is 0.900. The van der Waals surface area contributed by atoms with Gasteiger partial charge in [-0.05, 0) is 12.8 Å². The molecule has 0 aromatic carbocycles. The molecule has 66 valence electrons. The second-order valence-corrected chi connectivity index (χ2v) is 3.11. The molecule has 0 spiro atoms. The molecule has 0 aromatic rings. The van der Waals surface area contributed by atoms with Crippen molar-refractivity contribution in [1.29, 1.82) is 0 Å². The highest BCUT2D eigenvalue weighted by atomic mass is 32.2. The van der Waals surface area contributed by atoms with Gasteiger partial charge in [-0.15, -0.1) is 0 Å². The second-order valence-electron chi connectivity index (χ2n) is 2.12. The predicted octanol–water partition coefficient (Wildman–Crippen LogP) is 0.0751. The first-order valence-corrected chi connectivity index (χ1v) is 5.17. The standard InChI is InChI=1S/C7H16N2OS/c1-3-8-6-7(10)9-4-5-11-2/h8H,3-6H2,1-2H3,(H,9,10). The van der Waals surface area contributed by atoms with Gasteiger partial charge in [0, 0.05) is 12.3 Å². The van der Waals surface area contributed by atoms with Crippen molar-refractivity contribution in [1.82, 2.24) is 10.6 Å². The third-order valence-electron chi connectivity index (χ3n) is 1.16. The molecule has 4 heteroatoms. The number of likely N-dealkylation sites (N-methyl/N-ethyl adjacent to an activating group) is 1. The number of carbonyl (C=O) groups excluding carboxylic acids is 1. The van der Waals surface area contributed by atoms with Crippen molar-refractivity contribution >= 4 is 17.7 Å². The molecular weight excluding hydrogens is 160 g/mol. The van der Waals surface area contributed by atoms with Crippen LogP contribution in [-0.4, -0.2) is 37.6 Å². The van der Waals surface area contributed by atoms with Crippen molar-refractivity contribution in [3.63, 3.8) is 0 Å². The van der Waals surface area contributed by atoms with Crippen molar-refractivity contribution < 1.29 is 4.79 Å². The van der Waals surface area contributed by atoms with Crippen LogP contribution in [0.1, 0.15) is 6.92 Å². The maximum absolute atomic E-state index is 10.9. The molecule has 0 saturated carbocycles. The number of hydrogen-bond donors (Lipinski definition) is 2. The van der Waals surface area contributed by atoms with Crippen LogP contribution in [0.2, 0.25) is 0 Å². The number of thioether (sulfide) groups is 1. The van der Waals surface area contributed by atoms with Crippen LogP contribution in [0.3, 0.4) is 0 Å². The summed E-state index contributed by atoms with van der Waals surface area (Å²) in [7, 11) is 0. The van der Waals surface area contributed by atoms with Gasteiger partial charge in [0.15, 0.2) is 0 Å². The molecule has 0 fully saturated rings. The van der Waals surface area contributed by atoms with Crippen LogP contribution >= 0.6 is 11.8 Å². The summed E-state index contributed by atoms with van der Waals surface area (Å²) >= 11 is 1.73. The Morgan fingerprint density at radius 2 is 2.27 bits per heavy atom. The van der Waals surface area contributed by atoms with Gasteiger partial charge in [0.2, 0.25) is 5.91 Å². The lowest BCUT2D eigenvalue weighted by atomic mass is 10.5. The topological polar surface area (TPSA) is 41.1 Å². The van der Waals surface area contributed by atoms with Crippen molar-refractivity contribution in [2.45, 2.75) is 6.92 Å². The second kappa shape index (κ2) is 7.88. The Hall–Kier alpha value is -0.220. The number of rotatable bonds is 6. The van der Waals surface area contributed by atoms with Gasteiger partial charge in [-0.3, -0.25) is 4.79 Å². The zero-order chi connectivity index (χ0) is 8.53. The van der Waals surface area contributed by atoms with Gasteiger partial charge >= 0.3 is 0 Å². The van der Waals surface area contributed by atoms with E-state index in [1.807, 2.05) is 13.2 Å². The molecular formula is C7H16N2OS. The Morgan fingerprint density at radius 1 is 1.55 bits per heavy atom. The van der Waals surface area contributed by atoms with Crippen LogP contribution in [0.4, 0.5) is 0 Å². The summed E-state index contributed by atoms with van der Waals surface area (Å²) in [6.45, 7) is 4.03. The molecule has 0 radical (unpaired) electrons. The highest BCUT2D eigenvalue weighted by Crippen LogP contribution is 1.86. The summed E-state index contributed by atoms with van der Waals surface area (Å²) in [6.07, 6.45) is 2.02. The molecule has 3 nitrogen and oxygen atoms in total.